The van der Waals surface area contributed by atoms with E-state index in [9.17, 15) is 0 Å². The van der Waals surface area contributed by atoms with Gasteiger partial charge in [-0.2, -0.15) is 5.10 Å². The third kappa shape index (κ3) is 4.75. The first kappa shape index (κ1) is 21.9. The highest BCUT2D eigenvalue weighted by Gasteiger charge is 2.18. The van der Waals surface area contributed by atoms with E-state index in [2.05, 4.69) is 53.6 Å². The molecule has 6 heteroatoms. The molecule has 1 aliphatic rings. The lowest BCUT2D eigenvalue weighted by Gasteiger charge is -2.24. The SMILES string of the molecule is Cc1cc(C)cc(-c2cnc3cc(Cl)c(-c4cn[nH]c4)cc3c2OCC[C@@H]2CCCCN2)c1. The van der Waals surface area contributed by atoms with Crippen LogP contribution in [0.5, 0.6) is 5.75 Å². The van der Waals surface area contributed by atoms with Gasteiger partial charge in [0.05, 0.1) is 23.3 Å². The Labute approximate surface area is 199 Å². The van der Waals surface area contributed by atoms with Crippen LogP contribution in [-0.2, 0) is 0 Å². The number of H-pyrrole nitrogens is 1. The van der Waals surface area contributed by atoms with E-state index in [4.69, 9.17) is 21.3 Å². The van der Waals surface area contributed by atoms with Gasteiger partial charge in [0.25, 0.3) is 0 Å². The molecular formula is C27H29ClN4O. The van der Waals surface area contributed by atoms with Gasteiger partial charge in [-0.05, 0) is 57.4 Å². The number of rotatable bonds is 6. The highest BCUT2D eigenvalue weighted by molar-refractivity contribution is 6.34. The van der Waals surface area contributed by atoms with Gasteiger partial charge in [-0.3, -0.25) is 10.1 Å². The summed E-state index contributed by atoms with van der Waals surface area (Å²) in [6.45, 7) is 6.00. The van der Waals surface area contributed by atoms with Crippen molar-refractivity contribution in [3.63, 3.8) is 0 Å². The predicted octanol–water partition coefficient (Wildman–Crippen LogP) is 6.47. The Morgan fingerprint density at radius 1 is 1.00 bits per heavy atom. The van der Waals surface area contributed by atoms with Crippen molar-refractivity contribution in [1.82, 2.24) is 20.5 Å². The number of aryl methyl sites for hydroxylation is 2. The maximum atomic E-state index is 6.62. The van der Waals surface area contributed by atoms with Gasteiger partial charge in [-0.15, -0.1) is 0 Å². The average molecular weight is 461 g/mol. The van der Waals surface area contributed by atoms with Crippen molar-refractivity contribution in [3.8, 4) is 28.0 Å². The van der Waals surface area contributed by atoms with Crippen LogP contribution in [0.15, 0.2) is 48.9 Å². The molecule has 0 radical (unpaired) electrons. The van der Waals surface area contributed by atoms with Gasteiger partial charge < -0.3 is 10.1 Å². The third-order valence-electron chi connectivity index (χ3n) is 6.37. The number of benzene rings is 2. The molecule has 1 atom stereocenters. The van der Waals surface area contributed by atoms with Crippen molar-refractivity contribution in [1.29, 1.82) is 0 Å². The fraction of sp³-hybridized carbons (Fsp3) is 0.333. The van der Waals surface area contributed by atoms with Crippen LogP contribution >= 0.6 is 11.6 Å². The minimum Gasteiger partial charge on any atom is -0.492 e. The van der Waals surface area contributed by atoms with E-state index in [1.165, 1.54) is 30.4 Å². The van der Waals surface area contributed by atoms with Crippen LogP contribution in [0.1, 0.15) is 36.8 Å². The number of hydrogen-bond donors (Lipinski definition) is 2. The van der Waals surface area contributed by atoms with E-state index >= 15 is 0 Å². The molecule has 5 rings (SSSR count). The van der Waals surface area contributed by atoms with Crippen molar-refractivity contribution in [2.45, 2.75) is 45.6 Å². The van der Waals surface area contributed by atoms with E-state index < -0.39 is 0 Å². The summed E-state index contributed by atoms with van der Waals surface area (Å²) in [5, 5.41) is 12.2. The van der Waals surface area contributed by atoms with E-state index in [-0.39, 0.29) is 0 Å². The Morgan fingerprint density at radius 2 is 1.85 bits per heavy atom. The number of nitrogens with zero attached hydrogens (tertiary/aromatic N) is 2. The van der Waals surface area contributed by atoms with Crippen molar-refractivity contribution >= 4 is 22.5 Å². The molecule has 2 N–H and O–H groups in total. The van der Waals surface area contributed by atoms with E-state index in [1.807, 2.05) is 18.5 Å². The molecule has 3 heterocycles. The smallest absolute Gasteiger partial charge is 0.138 e. The largest absolute Gasteiger partial charge is 0.492 e. The molecule has 2 aromatic heterocycles. The predicted molar refractivity (Wildman–Crippen MR) is 135 cm³/mol. The molecule has 0 aliphatic carbocycles. The number of pyridine rings is 1. The molecule has 2 aromatic carbocycles. The highest BCUT2D eigenvalue weighted by atomic mass is 35.5. The van der Waals surface area contributed by atoms with E-state index in [0.29, 0.717) is 17.7 Å². The van der Waals surface area contributed by atoms with E-state index in [1.54, 1.807) is 6.20 Å². The van der Waals surface area contributed by atoms with E-state index in [0.717, 1.165) is 51.9 Å². The molecule has 0 bridgehead atoms. The van der Waals surface area contributed by atoms with Gasteiger partial charge in [0.2, 0.25) is 0 Å². The Kier molecular flexibility index (Phi) is 6.34. The quantitative estimate of drug-likeness (QED) is 0.346. The van der Waals surface area contributed by atoms with Crippen LogP contribution in [0.3, 0.4) is 0 Å². The topological polar surface area (TPSA) is 62.8 Å². The minimum absolute atomic E-state index is 0.521. The lowest BCUT2D eigenvalue weighted by Crippen LogP contribution is -2.35. The summed E-state index contributed by atoms with van der Waals surface area (Å²) in [5.41, 5.74) is 7.24. The minimum atomic E-state index is 0.521. The first-order chi connectivity index (χ1) is 16.1. The average Bonchev–Trinajstić information content (AvgIpc) is 3.33. The molecule has 0 amide bonds. The number of ether oxygens (including phenoxy) is 1. The molecule has 0 unspecified atom stereocenters. The Morgan fingerprint density at radius 3 is 2.58 bits per heavy atom. The van der Waals surface area contributed by atoms with Crippen molar-refractivity contribution in [2.75, 3.05) is 13.2 Å². The monoisotopic (exact) mass is 460 g/mol. The number of nitrogens with one attached hydrogen (secondary N) is 2. The molecule has 170 valence electrons. The molecule has 33 heavy (non-hydrogen) atoms. The number of halogens is 1. The fourth-order valence-corrected chi connectivity index (χ4v) is 5.04. The lowest BCUT2D eigenvalue weighted by molar-refractivity contribution is 0.271. The second-order valence-electron chi connectivity index (χ2n) is 9.00. The van der Waals surface area contributed by atoms with Crippen LogP contribution in [0.2, 0.25) is 5.02 Å². The number of aromatic amines is 1. The Bertz CT molecular complexity index is 1240. The van der Waals surface area contributed by atoms with Crippen molar-refractivity contribution < 1.29 is 4.74 Å². The zero-order chi connectivity index (χ0) is 22.8. The van der Waals surface area contributed by atoms with Crippen molar-refractivity contribution in [2.24, 2.45) is 0 Å². The fourth-order valence-electron chi connectivity index (χ4n) is 4.77. The number of piperidine rings is 1. The summed E-state index contributed by atoms with van der Waals surface area (Å²) in [5.74, 6) is 0.863. The zero-order valence-electron chi connectivity index (χ0n) is 19.1. The first-order valence-corrected chi connectivity index (χ1v) is 12.0. The second-order valence-corrected chi connectivity index (χ2v) is 9.40. The molecule has 0 saturated carbocycles. The molecular weight excluding hydrogens is 432 g/mol. The lowest BCUT2D eigenvalue weighted by atomic mass is 9.98. The van der Waals surface area contributed by atoms with Gasteiger partial charge in [-0.1, -0.05) is 47.3 Å². The van der Waals surface area contributed by atoms with Crippen molar-refractivity contribution in [3.05, 3.63) is 65.1 Å². The number of aromatic nitrogens is 3. The summed E-state index contributed by atoms with van der Waals surface area (Å²) in [6, 6.07) is 11.1. The normalized spacial score (nSPS) is 16.3. The van der Waals surface area contributed by atoms with Crippen LogP contribution in [-0.4, -0.2) is 34.4 Å². The molecule has 5 nitrogen and oxygen atoms in total. The van der Waals surface area contributed by atoms with Gasteiger partial charge >= 0.3 is 0 Å². The van der Waals surface area contributed by atoms with Gasteiger partial charge in [0.1, 0.15) is 5.75 Å². The summed E-state index contributed by atoms with van der Waals surface area (Å²) >= 11 is 6.62. The number of fused-ring (bicyclic) bond motifs is 1. The summed E-state index contributed by atoms with van der Waals surface area (Å²) in [7, 11) is 0. The van der Waals surface area contributed by atoms with Crippen LogP contribution in [0.25, 0.3) is 33.2 Å². The molecule has 4 aromatic rings. The number of hydrogen-bond acceptors (Lipinski definition) is 4. The second kappa shape index (κ2) is 9.54. The summed E-state index contributed by atoms with van der Waals surface area (Å²) in [4.78, 5) is 4.76. The molecule has 0 spiro atoms. The zero-order valence-corrected chi connectivity index (χ0v) is 19.9. The highest BCUT2D eigenvalue weighted by Crippen LogP contribution is 2.40. The summed E-state index contributed by atoms with van der Waals surface area (Å²) in [6.07, 6.45) is 10.3. The summed E-state index contributed by atoms with van der Waals surface area (Å²) < 4.78 is 6.55. The first-order valence-electron chi connectivity index (χ1n) is 11.6. The van der Waals surface area contributed by atoms with Gasteiger partial charge in [0.15, 0.2) is 0 Å². The molecule has 1 saturated heterocycles. The molecule has 1 aliphatic heterocycles. The van der Waals surface area contributed by atoms with Gasteiger partial charge in [0, 0.05) is 40.5 Å². The van der Waals surface area contributed by atoms with Crippen LogP contribution in [0.4, 0.5) is 0 Å². The van der Waals surface area contributed by atoms with Gasteiger partial charge in [-0.25, -0.2) is 0 Å². The third-order valence-corrected chi connectivity index (χ3v) is 6.69. The van der Waals surface area contributed by atoms with Crippen LogP contribution < -0.4 is 10.1 Å². The standard InChI is InChI=1S/C27H29ClN4O/c1-17-9-18(2)11-19(10-17)24-16-30-26-13-25(28)22(20-14-31-32-15-20)12-23(26)27(24)33-8-6-21-5-3-4-7-29-21/h9-16,21,29H,3-8H2,1-2H3,(H,31,32)/t21-/m0/s1. The Hall–Kier alpha value is -2.89. The Balaban J connectivity index is 1.59. The maximum Gasteiger partial charge on any atom is 0.138 e. The molecule has 1 fully saturated rings. The van der Waals surface area contributed by atoms with Crippen LogP contribution in [0, 0.1) is 13.8 Å². The maximum absolute atomic E-state index is 6.62.